The van der Waals surface area contributed by atoms with Gasteiger partial charge in [-0.25, -0.2) is 4.85 Å². The summed E-state index contributed by atoms with van der Waals surface area (Å²) in [5.74, 6) is 0. The van der Waals surface area contributed by atoms with Gasteiger partial charge in [0.1, 0.15) is 0 Å². The highest BCUT2D eigenvalue weighted by atomic mass is 15.0. The van der Waals surface area contributed by atoms with E-state index in [1.54, 1.807) is 0 Å². The van der Waals surface area contributed by atoms with Gasteiger partial charge in [0.05, 0.1) is 57.2 Å². The lowest BCUT2D eigenvalue weighted by Crippen LogP contribution is -2.02. The monoisotopic (exact) mass is 699 g/mol. The topological polar surface area (TPSA) is 42.9 Å². The Bertz CT molecular complexity index is 3420. The average molecular weight is 700 g/mol. The molecule has 55 heavy (non-hydrogen) atoms. The van der Waals surface area contributed by atoms with E-state index >= 15 is 0 Å². The molecule has 5 heteroatoms. The molecule has 8 aromatic carbocycles. The van der Waals surface area contributed by atoms with Gasteiger partial charge in [0.2, 0.25) is 0 Å². The van der Waals surface area contributed by atoms with E-state index in [0.29, 0.717) is 11.3 Å². The normalized spacial score (nSPS) is 11.6. The molecular formula is C50H29N5. The number of hydrogen-bond acceptors (Lipinski definition) is 1. The third-order valence-corrected chi connectivity index (χ3v) is 11.1. The molecule has 0 atom stereocenters. The zero-order chi connectivity index (χ0) is 36.6. The van der Waals surface area contributed by atoms with Crippen molar-refractivity contribution in [1.29, 1.82) is 5.26 Å². The molecule has 0 spiro atoms. The molecule has 0 amide bonds. The average Bonchev–Trinajstić information content (AvgIpc) is 3.89. The van der Waals surface area contributed by atoms with Crippen LogP contribution in [0.2, 0.25) is 0 Å². The maximum Gasteiger partial charge on any atom is 0.197 e. The van der Waals surface area contributed by atoms with Crippen molar-refractivity contribution < 1.29 is 0 Å². The van der Waals surface area contributed by atoms with Crippen LogP contribution in [0.5, 0.6) is 0 Å². The lowest BCUT2D eigenvalue weighted by Gasteiger charge is -2.19. The van der Waals surface area contributed by atoms with Crippen LogP contribution in [0.4, 0.5) is 5.69 Å². The lowest BCUT2D eigenvalue weighted by atomic mass is 9.98. The van der Waals surface area contributed by atoms with Crippen molar-refractivity contribution in [2.45, 2.75) is 0 Å². The number of fused-ring (bicyclic) bond motifs is 9. The molecule has 3 heterocycles. The number of para-hydroxylation sites is 5. The third kappa shape index (κ3) is 4.39. The predicted octanol–water partition coefficient (Wildman–Crippen LogP) is 13.1. The Morgan fingerprint density at radius 1 is 0.418 bits per heavy atom. The van der Waals surface area contributed by atoms with Gasteiger partial charge >= 0.3 is 0 Å². The summed E-state index contributed by atoms with van der Waals surface area (Å²) >= 11 is 0. The van der Waals surface area contributed by atoms with Crippen LogP contribution in [0, 0.1) is 17.9 Å². The lowest BCUT2D eigenvalue weighted by molar-refractivity contribution is 1.15. The highest BCUT2D eigenvalue weighted by Gasteiger charge is 2.22. The van der Waals surface area contributed by atoms with Crippen LogP contribution in [0.25, 0.3) is 98.5 Å². The largest absolute Gasteiger partial charge is 0.310 e. The van der Waals surface area contributed by atoms with Crippen LogP contribution >= 0.6 is 0 Å². The van der Waals surface area contributed by atoms with Gasteiger partial charge in [0.15, 0.2) is 5.69 Å². The van der Waals surface area contributed by atoms with E-state index in [-0.39, 0.29) is 0 Å². The van der Waals surface area contributed by atoms with Crippen LogP contribution in [-0.4, -0.2) is 13.7 Å². The summed E-state index contributed by atoms with van der Waals surface area (Å²) in [5, 5.41) is 17.0. The number of aromatic nitrogens is 3. The van der Waals surface area contributed by atoms with Crippen LogP contribution < -0.4 is 0 Å². The fourth-order valence-electron chi connectivity index (χ4n) is 8.82. The van der Waals surface area contributed by atoms with Gasteiger partial charge in [-0.1, -0.05) is 109 Å². The summed E-state index contributed by atoms with van der Waals surface area (Å²) in [6.45, 7) is 8.00. The summed E-state index contributed by atoms with van der Waals surface area (Å²) in [5.41, 5.74) is 12.6. The zero-order valence-corrected chi connectivity index (χ0v) is 29.5. The van der Waals surface area contributed by atoms with Gasteiger partial charge in [-0.05, 0) is 72.1 Å². The summed E-state index contributed by atoms with van der Waals surface area (Å²) in [6.07, 6.45) is 0. The minimum atomic E-state index is 0.576. The smallest absolute Gasteiger partial charge is 0.197 e. The second-order valence-corrected chi connectivity index (χ2v) is 13.9. The SMILES string of the molecule is [C-]#[N+]c1cccc2c1c1ccccc1n2-c1ccc(C#N)cc1-c1ccccc1-n1c2ccccc2c2ccc(-n3c4ccccc4c4ccccc43)cc21. The van der Waals surface area contributed by atoms with Gasteiger partial charge in [-0.2, -0.15) is 5.26 Å². The standard InChI is InChI=1S/C50H29N5/c1-52-41-18-12-24-48-50(41)39-17-6-11-23-46(39)54(48)47-28-25-32(31-51)29-40(47)37-16-5-10-22-45(37)55-44-21-9-4-15-36(44)38-27-26-33(30-49(38)55)53-42-19-7-2-13-34(42)35-14-3-8-20-43(35)53/h2-30H. The molecule has 0 aliphatic heterocycles. The molecule has 0 aliphatic rings. The molecule has 0 saturated heterocycles. The van der Waals surface area contributed by atoms with Crippen molar-refractivity contribution >= 4 is 71.1 Å². The first kappa shape index (κ1) is 30.7. The first-order chi connectivity index (χ1) is 27.2. The molecule has 0 bridgehead atoms. The van der Waals surface area contributed by atoms with Crippen molar-refractivity contribution in [3.8, 4) is 34.3 Å². The van der Waals surface area contributed by atoms with Crippen molar-refractivity contribution in [2.24, 2.45) is 0 Å². The number of hydrogen-bond donors (Lipinski definition) is 0. The zero-order valence-electron chi connectivity index (χ0n) is 29.5. The van der Waals surface area contributed by atoms with E-state index in [2.05, 4.69) is 158 Å². The second-order valence-electron chi connectivity index (χ2n) is 13.9. The molecule has 0 radical (unpaired) electrons. The van der Waals surface area contributed by atoms with Crippen molar-refractivity contribution in [3.63, 3.8) is 0 Å². The van der Waals surface area contributed by atoms with Crippen molar-refractivity contribution in [3.05, 3.63) is 193 Å². The van der Waals surface area contributed by atoms with Gasteiger partial charge in [-0.15, -0.1) is 0 Å². The Morgan fingerprint density at radius 2 is 0.945 bits per heavy atom. The third-order valence-electron chi connectivity index (χ3n) is 11.1. The summed E-state index contributed by atoms with van der Waals surface area (Å²) < 4.78 is 6.99. The van der Waals surface area contributed by atoms with Gasteiger partial charge in [0, 0.05) is 49.3 Å². The highest BCUT2D eigenvalue weighted by molar-refractivity contribution is 6.16. The van der Waals surface area contributed by atoms with E-state index in [1.807, 2.05) is 42.5 Å². The molecule has 0 aliphatic carbocycles. The fourth-order valence-corrected chi connectivity index (χ4v) is 8.82. The Labute approximate surface area is 316 Å². The van der Waals surface area contributed by atoms with Crippen LogP contribution in [0.15, 0.2) is 176 Å². The van der Waals surface area contributed by atoms with Gasteiger partial charge in [0.25, 0.3) is 0 Å². The van der Waals surface area contributed by atoms with Crippen LogP contribution in [0.1, 0.15) is 5.56 Å². The van der Waals surface area contributed by atoms with Gasteiger partial charge < -0.3 is 13.7 Å². The van der Waals surface area contributed by atoms with E-state index in [9.17, 15) is 5.26 Å². The molecule has 0 N–H and O–H groups in total. The fraction of sp³-hybridized carbons (Fsp3) is 0. The maximum atomic E-state index is 10.3. The molecule has 5 nitrogen and oxygen atoms in total. The maximum absolute atomic E-state index is 10.3. The Balaban J connectivity index is 1.22. The number of rotatable bonds is 4. The van der Waals surface area contributed by atoms with E-state index < -0.39 is 0 Å². The molecule has 0 fully saturated rings. The quantitative estimate of drug-likeness (QED) is 0.169. The summed E-state index contributed by atoms with van der Waals surface area (Å²) in [6, 6.07) is 63.7. The summed E-state index contributed by atoms with van der Waals surface area (Å²) in [4.78, 5) is 3.92. The molecular weight excluding hydrogens is 671 g/mol. The molecule has 0 saturated carbocycles. The predicted molar refractivity (Wildman–Crippen MR) is 226 cm³/mol. The second kappa shape index (κ2) is 11.8. The van der Waals surface area contributed by atoms with E-state index in [0.717, 1.165) is 77.4 Å². The number of nitriles is 1. The highest BCUT2D eigenvalue weighted by Crippen LogP contribution is 2.43. The molecule has 11 aromatic rings. The van der Waals surface area contributed by atoms with Crippen molar-refractivity contribution in [2.75, 3.05) is 0 Å². The van der Waals surface area contributed by atoms with Crippen LogP contribution in [0.3, 0.4) is 0 Å². The first-order valence-electron chi connectivity index (χ1n) is 18.3. The molecule has 0 unspecified atom stereocenters. The molecule has 3 aromatic heterocycles. The molecule has 254 valence electrons. The summed E-state index contributed by atoms with van der Waals surface area (Å²) in [7, 11) is 0. The number of nitrogens with zero attached hydrogens (tertiary/aromatic N) is 5. The van der Waals surface area contributed by atoms with E-state index in [4.69, 9.17) is 6.57 Å². The van der Waals surface area contributed by atoms with Crippen molar-refractivity contribution in [1.82, 2.24) is 13.7 Å². The Hall–Kier alpha value is -7.86. The van der Waals surface area contributed by atoms with Gasteiger partial charge in [-0.3, -0.25) is 0 Å². The molecule has 11 rings (SSSR count). The Morgan fingerprint density at radius 3 is 1.62 bits per heavy atom. The minimum Gasteiger partial charge on any atom is -0.310 e. The minimum absolute atomic E-state index is 0.576. The van der Waals surface area contributed by atoms with Crippen LogP contribution in [-0.2, 0) is 0 Å². The Kier molecular flexibility index (Phi) is 6.61. The number of benzene rings is 8. The van der Waals surface area contributed by atoms with E-state index in [1.165, 1.54) is 16.2 Å². The first-order valence-corrected chi connectivity index (χ1v) is 18.3.